The molecule has 2 aromatic rings. The van der Waals surface area contributed by atoms with Crippen molar-refractivity contribution in [1.82, 2.24) is 10.3 Å². The van der Waals surface area contributed by atoms with Crippen LogP contribution in [0.2, 0.25) is 0 Å². The average Bonchev–Trinajstić information content (AvgIpc) is 2.88. The van der Waals surface area contributed by atoms with Crippen molar-refractivity contribution in [3.63, 3.8) is 0 Å². The van der Waals surface area contributed by atoms with Crippen LogP contribution in [-0.4, -0.2) is 11.5 Å². The van der Waals surface area contributed by atoms with Gasteiger partial charge in [-0.25, -0.2) is 4.98 Å². The number of nitrogens with one attached hydrogen (secondary N) is 1. The Kier molecular flexibility index (Phi) is 5.17. The van der Waals surface area contributed by atoms with Gasteiger partial charge in [-0.3, -0.25) is 0 Å². The number of likely N-dealkylation sites (N-methyl/N-ethyl adjacent to an activating group) is 1. The largest absolute Gasteiger partial charge is 0.310 e. The summed E-state index contributed by atoms with van der Waals surface area (Å²) in [6.45, 7) is 11.9. The van der Waals surface area contributed by atoms with E-state index in [1.807, 2.05) is 0 Å². The maximum Gasteiger partial charge on any atom is 0.0947 e. The van der Waals surface area contributed by atoms with Gasteiger partial charge in [-0.1, -0.05) is 57.5 Å². The highest BCUT2D eigenvalue weighted by Crippen LogP contribution is 2.27. The van der Waals surface area contributed by atoms with Crippen LogP contribution in [0, 0.1) is 6.92 Å². The van der Waals surface area contributed by atoms with Gasteiger partial charge in [-0.05, 0) is 19.0 Å². The van der Waals surface area contributed by atoms with Gasteiger partial charge in [-0.2, -0.15) is 0 Å². The molecule has 0 radical (unpaired) electrons. The average molecular weight is 302 g/mol. The minimum Gasteiger partial charge on any atom is -0.310 e. The topological polar surface area (TPSA) is 24.9 Å². The van der Waals surface area contributed by atoms with E-state index < -0.39 is 0 Å². The predicted molar refractivity (Wildman–Crippen MR) is 92.1 cm³/mol. The molecule has 0 aliphatic rings. The highest BCUT2D eigenvalue weighted by molar-refractivity contribution is 7.09. The third kappa shape index (κ3) is 4.39. The molecule has 1 aromatic carbocycles. The van der Waals surface area contributed by atoms with E-state index in [0.717, 1.165) is 13.0 Å². The fourth-order valence-electron chi connectivity index (χ4n) is 2.28. The lowest BCUT2D eigenvalue weighted by molar-refractivity contribution is 0.539. The van der Waals surface area contributed by atoms with Crippen LogP contribution in [0.25, 0.3) is 0 Å². The predicted octanol–water partition coefficient (Wildman–Crippen LogP) is 4.64. The molecule has 0 bridgehead atoms. The molecule has 21 heavy (non-hydrogen) atoms. The zero-order valence-electron chi connectivity index (χ0n) is 13.7. The highest BCUT2D eigenvalue weighted by atomic mass is 32.1. The summed E-state index contributed by atoms with van der Waals surface area (Å²) < 4.78 is 0. The first kappa shape index (κ1) is 16.2. The number of aromatic nitrogens is 1. The Balaban J connectivity index is 2.16. The normalized spacial score (nSPS) is 13.4. The Bertz CT molecular complexity index is 564. The number of benzene rings is 1. The Hall–Kier alpha value is -1.19. The van der Waals surface area contributed by atoms with Crippen LogP contribution in [0.3, 0.4) is 0 Å². The second-order valence-electron chi connectivity index (χ2n) is 6.60. The van der Waals surface area contributed by atoms with Crippen molar-refractivity contribution in [2.45, 2.75) is 52.5 Å². The zero-order valence-corrected chi connectivity index (χ0v) is 14.6. The Morgan fingerprint density at radius 3 is 2.38 bits per heavy atom. The summed E-state index contributed by atoms with van der Waals surface area (Å²) in [6.07, 6.45) is 0.956. The van der Waals surface area contributed by atoms with E-state index in [4.69, 9.17) is 4.98 Å². The first-order chi connectivity index (χ1) is 9.90. The first-order valence-corrected chi connectivity index (χ1v) is 8.53. The van der Waals surface area contributed by atoms with E-state index >= 15 is 0 Å². The number of thiazole rings is 1. The third-order valence-corrected chi connectivity index (χ3v) is 4.50. The molecule has 0 saturated carbocycles. The molecule has 0 fully saturated rings. The first-order valence-electron chi connectivity index (χ1n) is 7.65. The van der Waals surface area contributed by atoms with Crippen LogP contribution in [0.5, 0.6) is 0 Å². The Morgan fingerprint density at radius 1 is 1.19 bits per heavy atom. The molecule has 3 heteroatoms. The highest BCUT2D eigenvalue weighted by Gasteiger charge is 2.19. The molecule has 0 aliphatic carbocycles. The van der Waals surface area contributed by atoms with E-state index in [2.05, 4.69) is 69.6 Å². The maximum absolute atomic E-state index is 4.83. The summed E-state index contributed by atoms with van der Waals surface area (Å²) in [5, 5.41) is 7.00. The van der Waals surface area contributed by atoms with Crippen LogP contribution >= 0.6 is 11.3 Å². The second kappa shape index (κ2) is 6.71. The SMILES string of the molecule is CCNC(Cc1nc(C(C)(C)C)cs1)c1ccc(C)cc1. The van der Waals surface area contributed by atoms with Crippen LogP contribution in [0.1, 0.15) is 55.6 Å². The molecular formula is C18H26N2S. The minimum atomic E-state index is 0.131. The van der Waals surface area contributed by atoms with Crippen molar-refractivity contribution in [2.24, 2.45) is 0 Å². The minimum absolute atomic E-state index is 0.131. The van der Waals surface area contributed by atoms with Gasteiger partial charge < -0.3 is 5.32 Å². The lowest BCUT2D eigenvalue weighted by Gasteiger charge is -2.18. The smallest absolute Gasteiger partial charge is 0.0947 e. The molecule has 0 amide bonds. The molecule has 0 aliphatic heterocycles. The van der Waals surface area contributed by atoms with Crippen molar-refractivity contribution in [2.75, 3.05) is 6.54 Å². The molecule has 1 atom stereocenters. The monoisotopic (exact) mass is 302 g/mol. The van der Waals surface area contributed by atoms with Gasteiger partial charge in [0.15, 0.2) is 0 Å². The van der Waals surface area contributed by atoms with Crippen molar-refractivity contribution >= 4 is 11.3 Å². The summed E-state index contributed by atoms with van der Waals surface area (Å²) in [4.78, 5) is 4.83. The zero-order chi connectivity index (χ0) is 15.5. The van der Waals surface area contributed by atoms with Gasteiger partial charge >= 0.3 is 0 Å². The van der Waals surface area contributed by atoms with Crippen LogP contribution < -0.4 is 5.32 Å². The number of aryl methyl sites for hydroxylation is 1. The molecule has 1 N–H and O–H groups in total. The molecule has 2 rings (SSSR count). The van der Waals surface area contributed by atoms with Gasteiger partial charge in [0.1, 0.15) is 0 Å². The van der Waals surface area contributed by atoms with Crippen molar-refractivity contribution in [3.8, 4) is 0 Å². The van der Waals surface area contributed by atoms with Crippen LogP contribution in [-0.2, 0) is 11.8 Å². The van der Waals surface area contributed by atoms with Crippen LogP contribution in [0.15, 0.2) is 29.6 Å². The van der Waals surface area contributed by atoms with E-state index in [1.54, 1.807) is 11.3 Å². The summed E-state index contributed by atoms with van der Waals surface area (Å²) >= 11 is 1.78. The molecular weight excluding hydrogens is 276 g/mol. The van der Waals surface area contributed by atoms with Crippen molar-refractivity contribution < 1.29 is 0 Å². The van der Waals surface area contributed by atoms with Gasteiger partial charge in [0.05, 0.1) is 10.7 Å². The van der Waals surface area contributed by atoms with Gasteiger partial charge in [0.25, 0.3) is 0 Å². The van der Waals surface area contributed by atoms with Crippen molar-refractivity contribution in [3.05, 3.63) is 51.5 Å². The standard InChI is InChI=1S/C18H26N2S/c1-6-19-15(14-9-7-13(2)8-10-14)11-17-20-16(12-21-17)18(3,4)5/h7-10,12,15,19H,6,11H2,1-5H3. The maximum atomic E-state index is 4.83. The molecule has 0 saturated heterocycles. The summed E-state index contributed by atoms with van der Waals surface area (Å²) in [5.41, 5.74) is 3.97. The quantitative estimate of drug-likeness (QED) is 0.870. The van der Waals surface area contributed by atoms with Gasteiger partial charge in [0, 0.05) is 23.3 Å². The Labute approximate surface area is 132 Å². The number of rotatable bonds is 5. The lowest BCUT2D eigenvalue weighted by atomic mass is 9.93. The third-order valence-electron chi connectivity index (χ3n) is 3.63. The fraction of sp³-hybridized carbons (Fsp3) is 0.500. The second-order valence-corrected chi connectivity index (χ2v) is 7.54. The number of hydrogen-bond acceptors (Lipinski definition) is 3. The molecule has 2 nitrogen and oxygen atoms in total. The molecule has 1 unspecified atom stereocenters. The molecule has 0 spiro atoms. The van der Waals surface area contributed by atoms with E-state index in [-0.39, 0.29) is 5.41 Å². The van der Waals surface area contributed by atoms with Gasteiger partial charge in [-0.15, -0.1) is 11.3 Å². The van der Waals surface area contributed by atoms with E-state index in [0.29, 0.717) is 6.04 Å². The lowest BCUT2D eigenvalue weighted by Crippen LogP contribution is -2.23. The molecule has 1 aromatic heterocycles. The molecule has 114 valence electrons. The summed E-state index contributed by atoms with van der Waals surface area (Å²) in [6, 6.07) is 9.15. The van der Waals surface area contributed by atoms with Gasteiger partial charge in [0.2, 0.25) is 0 Å². The van der Waals surface area contributed by atoms with E-state index in [9.17, 15) is 0 Å². The van der Waals surface area contributed by atoms with E-state index in [1.165, 1.54) is 21.8 Å². The summed E-state index contributed by atoms with van der Waals surface area (Å²) in [5.74, 6) is 0. The van der Waals surface area contributed by atoms with Crippen LogP contribution in [0.4, 0.5) is 0 Å². The van der Waals surface area contributed by atoms with Crippen molar-refractivity contribution in [1.29, 1.82) is 0 Å². The fourth-order valence-corrected chi connectivity index (χ4v) is 3.34. The Morgan fingerprint density at radius 2 is 1.86 bits per heavy atom. The molecule has 1 heterocycles. The number of hydrogen-bond donors (Lipinski definition) is 1. The number of nitrogens with zero attached hydrogens (tertiary/aromatic N) is 1. The summed E-state index contributed by atoms with van der Waals surface area (Å²) in [7, 11) is 0.